The maximum Gasteiger partial charge on any atom is 0.0465 e. The molecule has 0 unspecified atom stereocenters. The normalized spacial score (nSPS) is 12.0. The van der Waals surface area contributed by atoms with Gasteiger partial charge in [-0.3, -0.25) is 0 Å². The summed E-state index contributed by atoms with van der Waals surface area (Å²) in [6.07, 6.45) is 0. The van der Waals surface area contributed by atoms with Crippen LogP contribution in [-0.4, -0.2) is 9.97 Å². The quantitative estimate of drug-likeness (QED) is 0.181. The molecule has 2 N–H and O–H groups in total. The average Bonchev–Trinajstić information content (AvgIpc) is 3.75. The fraction of sp³-hybridized carbons (Fsp3) is 0. The highest BCUT2D eigenvalue weighted by Gasteiger charge is 2.16. The van der Waals surface area contributed by atoms with E-state index in [2.05, 4.69) is 180 Å². The Bertz CT molecular complexity index is 2980. The first-order chi connectivity index (χ1) is 24.8. The fourth-order valence-electron chi connectivity index (χ4n) is 8.37. The zero-order valence-electron chi connectivity index (χ0n) is 27.2. The largest absolute Gasteiger partial charge is 0.355 e. The summed E-state index contributed by atoms with van der Waals surface area (Å²) >= 11 is 0. The smallest absolute Gasteiger partial charge is 0.0465 e. The summed E-state index contributed by atoms with van der Waals surface area (Å²) in [6, 6.07) is 62.5. The molecule has 0 fully saturated rings. The van der Waals surface area contributed by atoms with Gasteiger partial charge in [-0.05, 0) is 120 Å². The molecule has 2 heteroatoms. The molecule has 0 amide bonds. The third-order valence-corrected chi connectivity index (χ3v) is 10.7. The van der Waals surface area contributed by atoms with E-state index in [-0.39, 0.29) is 0 Å². The molecule has 50 heavy (non-hydrogen) atoms. The van der Waals surface area contributed by atoms with Gasteiger partial charge in [-0.25, -0.2) is 0 Å². The van der Waals surface area contributed by atoms with Gasteiger partial charge in [0.15, 0.2) is 0 Å². The minimum Gasteiger partial charge on any atom is -0.355 e. The number of nitrogens with one attached hydrogen (secondary N) is 2. The monoisotopic (exact) mass is 634 g/mol. The number of para-hydroxylation sites is 2. The van der Waals surface area contributed by atoms with E-state index in [1.165, 1.54) is 87.2 Å². The van der Waals surface area contributed by atoms with Crippen molar-refractivity contribution in [3.63, 3.8) is 0 Å². The van der Waals surface area contributed by atoms with Crippen LogP contribution < -0.4 is 0 Å². The number of rotatable bonds is 3. The van der Waals surface area contributed by atoms with Crippen LogP contribution in [0, 0.1) is 0 Å². The Hall–Kier alpha value is -6.64. The number of fused-ring (bicyclic) bond motifs is 12. The lowest BCUT2D eigenvalue weighted by Crippen LogP contribution is -1.90. The van der Waals surface area contributed by atoms with Gasteiger partial charge in [0.1, 0.15) is 0 Å². The van der Waals surface area contributed by atoms with Gasteiger partial charge in [-0.15, -0.1) is 0 Å². The highest BCUT2D eigenvalue weighted by molar-refractivity contribution is 6.28. The standard InChI is InChI=1S/C48H30N2/c1-2-11-37-35(10-1)36-12-3-4-15-40(36)48-34(16-9-17-41(37)48)33-25-31(29-20-22-46-42(27-29)38-13-5-7-18-44(38)49-46)24-32(26-33)30-21-23-47-43(28-30)39-14-6-8-19-45(39)50-47/h1-28,49-50H. The lowest BCUT2D eigenvalue weighted by Gasteiger charge is -2.16. The molecule has 0 saturated heterocycles. The van der Waals surface area contributed by atoms with E-state index in [1.807, 2.05) is 0 Å². The van der Waals surface area contributed by atoms with Crippen LogP contribution in [0.4, 0.5) is 0 Å². The Kier molecular flexibility index (Phi) is 5.70. The first kappa shape index (κ1) is 27.3. The number of H-pyrrole nitrogens is 2. The SMILES string of the molecule is c1ccc2c(c1)[nH]c1ccc(-c3cc(-c4ccc5[nH]c6ccccc6c5c4)cc(-c4cccc5c6ccccc6c6ccccc6c45)c3)cc12. The first-order valence-corrected chi connectivity index (χ1v) is 17.3. The van der Waals surface area contributed by atoms with Crippen molar-refractivity contribution in [2.24, 2.45) is 0 Å². The predicted molar refractivity (Wildman–Crippen MR) is 214 cm³/mol. The highest BCUT2D eigenvalue weighted by Crippen LogP contribution is 2.43. The molecular formula is C48H30N2. The van der Waals surface area contributed by atoms with Crippen molar-refractivity contribution in [3.8, 4) is 33.4 Å². The van der Waals surface area contributed by atoms with Crippen molar-refractivity contribution in [1.82, 2.24) is 9.97 Å². The summed E-state index contributed by atoms with van der Waals surface area (Å²) in [5.74, 6) is 0. The molecule has 2 aromatic heterocycles. The molecule has 11 aromatic rings. The van der Waals surface area contributed by atoms with Crippen LogP contribution in [0.2, 0.25) is 0 Å². The van der Waals surface area contributed by atoms with Crippen LogP contribution in [0.1, 0.15) is 0 Å². The number of hydrogen-bond donors (Lipinski definition) is 2. The van der Waals surface area contributed by atoms with Crippen LogP contribution >= 0.6 is 0 Å². The van der Waals surface area contributed by atoms with Crippen LogP contribution in [0.25, 0.3) is 109 Å². The molecular weight excluding hydrogens is 605 g/mol. The summed E-state index contributed by atoms with van der Waals surface area (Å²) in [6.45, 7) is 0. The van der Waals surface area contributed by atoms with Crippen molar-refractivity contribution < 1.29 is 0 Å². The lowest BCUT2D eigenvalue weighted by atomic mass is 9.87. The second-order valence-corrected chi connectivity index (χ2v) is 13.5. The number of benzene rings is 9. The van der Waals surface area contributed by atoms with Crippen molar-refractivity contribution in [1.29, 1.82) is 0 Å². The van der Waals surface area contributed by atoms with Crippen LogP contribution in [0.3, 0.4) is 0 Å². The zero-order chi connectivity index (χ0) is 32.8. The molecule has 0 aliphatic carbocycles. The Morgan fingerprint density at radius 2 is 0.640 bits per heavy atom. The maximum absolute atomic E-state index is 3.61. The maximum atomic E-state index is 3.61. The van der Waals surface area contributed by atoms with Gasteiger partial charge in [0, 0.05) is 43.6 Å². The zero-order valence-corrected chi connectivity index (χ0v) is 27.2. The lowest BCUT2D eigenvalue weighted by molar-refractivity contribution is 1.54. The van der Waals surface area contributed by atoms with Gasteiger partial charge in [-0.2, -0.15) is 0 Å². The van der Waals surface area contributed by atoms with E-state index in [0.29, 0.717) is 0 Å². The molecule has 9 aromatic carbocycles. The van der Waals surface area contributed by atoms with Crippen molar-refractivity contribution >= 4 is 75.9 Å². The molecule has 2 heterocycles. The summed E-state index contributed by atoms with van der Waals surface area (Å²) in [5, 5.41) is 12.7. The van der Waals surface area contributed by atoms with E-state index in [0.717, 1.165) is 22.1 Å². The van der Waals surface area contributed by atoms with Crippen molar-refractivity contribution in [3.05, 3.63) is 170 Å². The molecule has 0 bridgehead atoms. The molecule has 0 radical (unpaired) electrons. The van der Waals surface area contributed by atoms with Crippen LogP contribution in [0.5, 0.6) is 0 Å². The van der Waals surface area contributed by atoms with E-state index < -0.39 is 0 Å². The minimum atomic E-state index is 1.16. The molecule has 11 rings (SSSR count). The Morgan fingerprint density at radius 1 is 0.240 bits per heavy atom. The first-order valence-electron chi connectivity index (χ1n) is 17.3. The van der Waals surface area contributed by atoms with Crippen molar-refractivity contribution in [2.45, 2.75) is 0 Å². The third kappa shape index (κ3) is 4.03. The second kappa shape index (κ2) is 10.4. The summed E-state index contributed by atoms with van der Waals surface area (Å²) in [5.41, 5.74) is 11.9. The van der Waals surface area contributed by atoms with Gasteiger partial charge in [0.05, 0.1) is 0 Å². The van der Waals surface area contributed by atoms with Crippen molar-refractivity contribution in [2.75, 3.05) is 0 Å². The number of aromatic amines is 2. The molecule has 0 saturated carbocycles. The van der Waals surface area contributed by atoms with Crippen LogP contribution in [-0.2, 0) is 0 Å². The van der Waals surface area contributed by atoms with Gasteiger partial charge in [-0.1, -0.05) is 115 Å². The minimum absolute atomic E-state index is 1.16. The molecule has 0 atom stereocenters. The average molecular weight is 635 g/mol. The fourth-order valence-corrected chi connectivity index (χ4v) is 8.37. The molecule has 232 valence electrons. The van der Waals surface area contributed by atoms with Crippen LogP contribution in [0.15, 0.2) is 170 Å². The molecule has 0 aliphatic rings. The predicted octanol–water partition coefficient (Wildman–Crippen LogP) is 13.4. The summed E-state index contributed by atoms with van der Waals surface area (Å²) < 4.78 is 0. The van der Waals surface area contributed by atoms with E-state index >= 15 is 0 Å². The summed E-state index contributed by atoms with van der Waals surface area (Å²) in [4.78, 5) is 7.22. The Balaban J connectivity index is 1.21. The summed E-state index contributed by atoms with van der Waals surface area (Å²) in [7, 11) is 0. The molecule has 2 nitrogen and oxygen atoms in total. The van der Waals surface area contributed by atoms with E-state index in [9.17, 15) is 0 Å². The Labute approximate surface area is 288 Å². The highest BCUT2D eigenvalue weighted by atomic mass is 14.7. The second-order valence-electron chi connectivity index (χ2n) is 13.5. The molecule has 0 spiro atoms. The Morgan fingerprint density at radius 3 is 1.18 bits per heavy atom. The number of aromatic nitrogens is 2. The van der Waals surface area contributed by atoms with Gasteiger partial charge in [0.25, 0.3) is 0 Å². The van der Waals surface area contributed by atoms with Gasteiger partial charge >= 0.3 is 0 Å². The van der Waals surface area contributed by atoms with Gasteiger partial charge < -0.3 is 9.97 Å². The topological polar surface area (TPSA) is 31.6 Å². The third-order valence-electron chi connectivity index (χ3n) is 10.7. The number of hydrogen-bond acceptors (Lipinski definition) is 0. The van der Waals surface area contributed by atoms with E-state index in [1.54, 1.807) is 0 Å². The molecule has 0 aliphatic heterocycles. The van der Waals surface area contributed by atoms with Gasteiger partial charge in [0.2, 0.25) is 0 Å². The van der Waals surface area contributed by atoms with E-state index in [4.69, 9.17) is 0 Å².